The Morgan fingerprint density at radius 1 is 0.905 bits per heavy atom. The molecule has 4 heteroatoms. The summed E-state index contributed by atoms with van der Waals surface area (Å²) in [5, 5.41) is 0. The fraction of sp³-hybridized carbons (Fsp3) is 0.176. The molecule has 0 radical (unpaired) electrons. The van der Waals surface area contributed by atoms with Crippen LogP contribution in [0.25, 0.3) is 0 Å². The summed E-state index contributed by atoms with van der Waals surface area (Å²) in [6.45, 7) is 1.98. The average Bonchev–Trinajstić information content (AvgIpc) is 2.54. The zero-order valence-corrected chi connectivity index (χ0v) is 11.9. The maximum Gasteiger partial charge on any atom is 0.269 e. The van der Waals surface area contributed by atoms with Gasteiger partial charge in [-0.2, -0.15) is 0 Å². The van der Waals surface area contributed by atoms with E-state index in [0.717, 1.165) is 5.56 Å². The summed E-state index contributed by atoms with van der Waals surface area (Å²) in [6.07, 6.45) is 0.319. The third-order valence-corrected chi connectivity index (χ3v) is 3.21. The molecule has 0 saturated carbocycles. The molecule has 0 aliphatic heterocycles. The van der Waals surface area contributed by atoms with Crippen molar-refractivity contribution in [2.75, 3.05) is 0 Å². The SMILES string of the molecule is CC(CC(=O)NNC(=O)c1ccccc1)c1ccccc1. The van der Waals surface area contributed by atoms with Gasteiger partial charge in [0.1, 0.15) is 0 Å². The molecular formula is C17H18N2O2. The highest BCUT2D eigenvalue weighted by Crippen LogP contribution is 2.17. The van der Waals surface area contributed by atoms with Gasteiger partial charge in [-0.1, -0.05) is 55.5 Å². The van der Waals surface area contributed by atoms with Crippen LogP contribution < -0.4 is 10.9 Å². The lowest BCUT2D eigenvalue weighted by Gasteiger charge is -2.12. The smallest absolute Gasteiger partial charge is 0.269 e. The third-order valence-electron chi connectivity index (χ3n) is 3.21. The second kappa shape index (κ2) is 7.24. The maximum absolute atomic E-state index is 11.8. The molecule has 21 heavy (non-hydrogen) atoms. The molecule has 2 amide bonds. The molecule has 0 bridgehead atoms. The fourth-order valence-electron chi connectivity index (χ4n) is 2.02. The molecule has 0 aliphatic rings. The number of amides is 2. The van der Waals surface area contributed by atoms with Crippen LogP contribution in [0.1, 0.15) is 35.2 Å². The number of nitrogens with one attached hydrogen (secondary N) is 2. The number of rotatable bonds is 4. The maximum atomic E-state index is 11.8. The molecule has 0 aliphatic carbocycles. The molecule has 0 saturated heterocycles. The van der Waals surface area contributed by atoms with Gasteiger partial charge in [-0.3, -0.25) is 20.4 Å². The van der Waals surface area contributed by atoms with Crippen molar-refractivity contribution in [1.82, 2.24) is 10.9 Å². The summed E-state index contributed by atoms with van der Waals surface area (Å²) in [7, 11) is 0. The summed E-state index contributed by atoms with van der Waals surface area (Å²) < 4.78 is 0. The predicted molar refractivity (Wildman–Crippen MR) is 81.5 cm³/mol. The van der Waals surface area contributed by atoms with E-state index in [2.05, 4.69) is 10.9 Å². The second-order valence-corrected chi connectivity index (χ2v) is 4.88. The number of hydrazine groups is 1. The summed E-state index contributed by atoms with van der Waals surface area (Å²) in [4.78, 5) is 23.6. The van der Waals surface area contributed by atoms with E-state index < -0.39 is 0 Å². The Labute approximate surface area is 124 Å². The Hall–Kier alpha value is -2.62. The number of benzene rings is 2. The first-order valence-electron chi connectivity index (χ1n) is 6.86. The van der Waals surface area contributed by atoms with Crippen molar-refractivity contribution in [3.8, 4) is 0 Å². The lowest BCUT2D eigenvalue weighted by molar-refractivity contribution is -0.122. The minimum absolute atomic E-state index is 0.0971. The van der Waals surface area contributed by atoms with Gasteiger partial charge in [0, 0.05) is 12.0 Å². The molecule has 108 valence electrons. The standard InChI is InChI=1S/C17H18N2O2/c1-13(14-8-4-2-5-9-14)12-16(20)18-19-17(21)15-10-6-3-7-11-15/h2-11,13H,12H2,1H3,(H,18,20)(H,19,21). The predicted octanol–water partition coefficient (Wildman–Crippen LogP) is 2.64. The van der Waals surface area contributed by atoms with E-state index in [0.29, 0.717) is 12.0 Å². The normalized spacial score (nSPS) is 11.5. The van der Waals surface area contributed by atoms with Crippen molar-refractivity contribution in [1.29, 1.82) is 0 Å². The van der Waals surface area contributed by atoms with Crippen LogP contribution in [-0.2, 0) is 4.79 Å². The highest BCUT2D eigenvalue weighted by atomic mass is 16.2. The van der Waals surface area contributed by atoms with Crippen molar-refractivity contribution >= 4 is 11.8 Å². The Morgan fingerprint density at radius 3 is 2.10 bits per heavy atom. The van der Waals surface area contributed by atoms with Gasteiger partial charge in [0.2, 0.25) is 5.91 Å². The van der Waals surface area contributed by atoms with E-state index in [4.69, 9.17) is 0 Å². The van der Waals surface area contributed by atoms with E-state index in [1.807, 2.05) is 43.3 Å². The van der Waals surface area contributed by atoms with Crippen molar-refractivity contribution in [3.05, 3.63) is 71.8 Å². The lowest BCUT2D eigenvalue weighted by Crippen LogP contribution is -2.41. The summed E-state index contributed by atoms with van der Waals surface area (Å²) >= 11 is 0. The zero-order valence-electron chi connectivity index (χ0n) is 11.9. The highest BCUT2D eigenvalue weighted by Gasteiger charge is 2.12. The molecular weight excluding hydrogens is 264 g/mol. The molecule has 1 atom stereocenters. The first kappa shape index (κ1) is 14.8. The van der Waals surface area contributed by atoms with Crippen LogP contribution in [0.4, 0.5) is 0 Å². The van der Waals surface area contributed by atoms with Crippen LogP contribution in [-0.4, -0.2) is 11.8 Å². The first-order chi connectivity index (χ1) is 10.2. The van der Waals surface area contributed by atoms with E-state index >= 15 is 0 Å². The Morgan fingerprint density at radius 2 is 1.48 bits per heavy atom. The van der Waals surface area contributed by atoms with E-state index in [1.54, 1.807) is 24.3 Å². The molecule has 2 aromatic rings. The molecule has 0 heterocycles. The molecule has 4 nitrogen and oxygen atoms in total. The minimum atomic E-state index is -0.323. The molecule has 2 aromatic carbocycles. The number of hydrogen-bond acceptors (Lipinski definition) is 2. The lowest BCUT2D eigenvalue weighted by atomic mass is 9.98. The third kappa shape index (κ3) is 4.45. The van der Waals surface area contributed by atoms with E-state index in [1.165, 1.54) is 0 Å². The molecule has 2 N–H and O–H groups in total. The summed E-state index contributed by atoms with van der Waals surface area (Å²) in [5.41, 5.74) is 6.47. The van der Waals surface area contributed by atoms with Crippen LogP contribution in [0, 0.1) is 0 Å². The van der Waals surface area contributed by atoms with Gasteiger partial charge in [-0.15, -0.1) is 0 Å². The summed E-state index contributed by atoms with van der Waals surface area (Å²) in [5.74, 6) is -0.438. The highest BCUT2D eigenvalue weighted by molar-refractivity contribution is 5.95. The van der Waals surface area contributed by atoms with Crippen LogP contribution in [0.2, 0.25) is 0 Å². The first-order valence-corrected chi connectivity index (χ1v) is 6.86. The van der Waals surface area contributed by atoms with Gasteiger partial charge in [0.25, 0.3) is 5.91 Å². The molecule has 0 aromatic heterocycles. The number of carbonyl (C=O) groups is 2. The van der Waals surface area contributed by atoms with E-state index in [9.17, 15) is 9.59 Å². The van der Waals surface area contributed by atoms with Crippen LogP contribution in [0.3, 0.4) is 0 Å². The Bertz CT molecular complexity index is 597. The molecule has 0 spiro atoms. The van der Waals surface area contributed by atoms with Crippen molar-refractivity contribution in [2.45, 2.75) is 19.3 Å². The topological polar surface area (TPSA) is 58.2 Å². The molecule has 2 rings (SSSR count). The molecule has 1 unspecified atom stereocenters. The Balaban J connectivity index is 1.81. The van der Waals surface area contributed by atoms with Gasteiger partial charge >= 0.3 is 0 Å². The van der Waals surface area contributed by atoms with Crippen LogP contribution >= 0.6 is 0 Å². The van der Waals surface area contributed by atoms with E-state index in [-0.39, 0.29) is 17.7 Å². The van der Waals surface area contributed by atoms with Crippen LogP contribution in [0.5, 0.6) is 0 Å². The van der Waals surface area contributed by atoms with Crippen molar-refractivity contribution in [3.63, 3.8) is 0 Å². The fourth-order valence-corrected chi connectivity index (χ4v) is 2.02. The van der Waals surface area contributed by atoms with Crippen LogP contribution in [0.15, 0.2) is 60.7 Å². The van der Waals surface area contributed by atoms with Gasteiger partial charge in [0.15, 0.2) is 0 Å². The Kier molecular flexibility index (Phi) is 5.10. The van der Waals surface area contributed by atoms with Crippen molar-refractivity contribution < 1.29 is 9.59 Å². The van der Waals surface area contributed by atoms with Gasteiger partial charge in [-0.05, 0) is 23.6 Å². The summed E-state index contributed by atoms with van der Waals surface area (Å²) in [6, 6.07) is 18.6. The largest absolute Gasteiger partial charge is 0.273 e. The van der Waals surface area contributed by atoms with Gasteiger partial charge in [0.05, 0.1) is 0 Å². The number of hydrogen-bond donors (Lipinski definition) is 2. The quantitative estimate of drug-likeness (QED) is 0.847. The average molecular weight is 282 g/mol. The molecule has 0 fully saturated rings. The monoisotopic (exact) mass is 282 g/mol. The van der Waals surface area contributed by atoms with Crippen molar-refractivity contribution in [2.24, 2.45) is 0 Å². The van der Waals surface area contributed by atoms with Gasteiger partial charge < -0.3 is 0 Å². The van der Waals surface area contributed by atoms with Gasteiger partial charge in [-0.25, -0.2) is 0 Å². The second-order valence-electron chi connectivity index (χ2n) is 4.88. The number of carbonyl (C=O) groups excluding carboxylic acids is 2. The zero-order chi connectivity index (χ0) is 15.1. The minimum Gasteiger partial charge on any atom is -0.273 e.